The number of imidazole rings is 1. The first-order chi connectivity index (χ1) is 12.0. The summed E-state index contributed by atoms with van der Waals surface area (Å²) in [5.74, 6) is 0.616. The number of alkyl halides is 3. The highest BCUT2D eigenvalue weighted by atomic mass is 19.4. The van der Waals surface area contributed by atoms with E-state index in [-0.39, 0.29) is 6.54 Å². The van der Waals surface area contributed by atoms with Crippen molar-refractivity contribution in [1.82, 2.24) is 29.6 Å². The molecule has 0 aliphatic carbocycles. The molecule has 4 heterocycles. The van der Waals surface area contributed by atoms with Gasteiger partial charge in [-0.3, -0.25) is 4.40 Å². The summed E-state index contributed by atoms with van der Waals surface area (Å²) in [5.41, 5.74) is 8.33. The first kappa shape index (κ1) is 15.5. The molecule has 130 valence electrons. The van der Waals surface area contributed by atoms with Crippen molar-refractivity contribution in [1.29, 1.82) is 0 Å². The van der Waals surface area contributed by atoms with Gasteiger partial charge in [0.15, 0.2) is 0 Å². The summed E-state index contributed by atoms with van der Waals surface area (Å²) < 4.78 is 40.2. The van der Waals surface area contributed by atoms with Crippen LogP contribution in [0.4, 0.5) is 13.2 Å². The SMILES string of the molecule is FC(F)(F)CCNN1C=Cc2c(-c3cnc4nccn4c3)ccn2N1. The van der Waals surface area contributed by atoms with Gasteiger partial charge in [-0.05, 0) is 12.1 Å². The molecule has 0 aromatic carbocycles. The second-order valence-corrected chi connectivity index (χ2v) is 5.52. The maximum atomic E-state index is 12.2. The number of halogens is 3. The van der Waals surface area contributed by atoms with Crippen LogP contribution in [0, 0.1) is 0 Å². The molecule has 0 spiro atoms. The maximum Gasteiger partial charge on any atom is 0.390 e. The molecule has 1 aliphatic heterocycles. The molecular weight excluding hydrogens is 335 g/mol. The largest absolute Gasteiger partial charge is 0.390 e. The van der Waals surface area contributed by atoms with E-state index in [4.69, 9.17) is 0 Å². The number of hydrogen-bond donors (Lipinski definition) is 2. The minimum Gasteiger partial charge on any atom is -0.291 e. The quantitative estimate of drug-likeness (QED) is 0.757. The lowest BCUT2D eigenvalue weighted by Gasteiger charge is -2.28. The molecule has 25 heavy (non-hydrogen) atoms. The number of hydrogen-bond acceptors (Lipinski definition) is 5. The Bertz CT molecular complexity index is 925. The van der Waals surface area contributed by atoms with Crippen molar-refractivity contribution >= 4 is 11.9 Å². The molecule has 7 nitrogen and oxygen atoms in total. The molecule has 2 N–H and O–H groups in total. The van der Waals surface area contributed by atoms with Crippen LogP contribution in [0.3, 0.4) is 0 Å². The first-order valence-corrected chi connectivity index (χ1v) is 7.54. The monoisotopic (exact) mass is 349 g/mol. The van der Waals surface area contributed by atoms with Crippen LogP contribution in [-0.4, -0.2) is 36.9 Å². The third-order valence-electron chi connectivity index (χ3n) is 3.77. The van der Waals surface area contributed by atoms with Gasteiger partial charge in [-0.25, -0.2) is 30.7 Å². The fraction of sp³-hybridized carbons (Fsp3) is 0.200. The van der Waals surface area contributed by atoms with Crippen molar-refractivity contribution in [3.05, 3.63) is 48.9 Å². The minimum absolute atomic E-state index is 0.217. The van der Waals surface area contributed by atoms with Crippen molar-refractivity contribution in [3.8, 4) is 11.1 Å². The number of fused-ring (bicyclic) bond motifs is 2. The smallest absolute Gasteiger partial charge is 0.291 e. The van der Waals surface area contributed by atoms with E-state index in [1.807, 2.05) is 28.9 Å². The molecular formula is C15H14F3N7. The molecule has 0 radical (unpaired) electrons. The fourth-order valence-electron chi connectivity index (χ4n) is 2.60. The van der Waals surface area contributed by atoms with E-state index in [2.05, 4.69) is 20.9 Å². The predicted octanol–water partition coefficient (Wildman–Crippen LogP) is 2.40. The Labute approximate surface area is 140 Å². The zero-order chi connectivity index (χ0) is 17.4. The lowest BCUT2D eigenvalue weighted by molar-refractivity contribution is -0.134. The van der Waals surface area contributed by atoms with Crippen LogP contribution in [0.1, 0.15) is 12.1 Å². The summed E-state index contributed by atoms with van der Waals surface area (Å²) in [7, 11) is 0. The van der Waals surface area contributed by atoms with Gasteiger partial charge in [0.25, 0.3) is 0 Å². The van der Waals surface area contributed by atoms with E-state index in [1.54, 1.807) is 29.5 Å². The van der Waals surface area contributed by atoms with E-state index in [0.29, 0.717) is 5.78 Å². The van der Waals surface area contributed by atoms with Gasteiger partial charge in [-0.1, -0.05) is 0 Å². The highest BCUT2D eigenvalue weighted by Crippen LogP contribution is 2.26. The molecule has 3 aromatic heterocycles. The zero-order valence-corrected chi connectivity index (χ0v) is 12.9. The average molecular weight is 349 g/mol. The Balaban J connectivity index is 1.51. The van der Waals surface area contributed by atoms with Gasteiger partial charge in [-0.15, -0.1) is 0 Å². The van der Waals surface area contributed by atoms with Crippen molar-refractivity contribution in [2.45, 2.75) is 12.6 Å². The molecule has 0 atom stereocenters. The maximum absolute atomic E-state index is 12.2. The van der Waals surface area contributed by atoms with Gasteiger partial charge in [0.1, 0.15) is 0 Å². The Morgan fingerprint density at radius 1 is 1.20 bits per heavy atom. The Morgan fingerprint density at radius 2 is 2.08 bits per heavy atom. The van der Waals surface area contributed by atoms with E-state index in [0.717, 1.165) is 16.8 Å². The van der Waals surface area contributed by atoms with Gasteiger partial charge in [0, 0.05) is 54.9 Å². The second-order valence-electron chi connectivity index (χ2n) is 5.52. The van der Waals surface area contributed by atoms with Gasteiger partial charge < -0.3 is 0 Å². The van der Waals surface area contributed by atoms with E-state index >= 15 is 0 Å². The Hall–Kier alpha value is -3.01. The summed E-state index contributed by atoms with van der Waals surface area (Å²) in [6.45, 7) is -0.217. The van der Waals surface area contributed by atoms with Crippen LogP contribution in [-0.2, 0) is 0 Å². The van der Waals surface area contributed by atoms with Crippen molar-refractivity contribution in [3.63, 3.8) is 0 Å². The van der Waals surface area contributed by atoms with Crippen molar-refractivity contribution in [2.75, 3.05) is 12.1 Å². The topological polar surface area (TPSA) is 62.4 Å². The first-order valence-electron chi connectivity index (χ1n) is 7.54. The van der Waals surface area contributed by atoms with Gasteiger partial charge in [0.2, 0.25) is 5.78 Å². The van der Waals surface area contributed by atoms with E-state index in [1.165, 1.54) is 5.12 Å². The number of nitrogens with one attached hydrogen (secondary N) is 2. The molecule has 0 amide bonds. The summed E-state index contributed by atoms with van der Waals surface area (Å²) in [5, 5.41) is 1.39. The van der Waals surface area contributed by atoms with Crippen LogP contribution >= 0.6 is 0 Å². The van der Waals surface area contributed by atoms with E-state index in [9.17, 15) is 13.2 Å². The van der Waals surface area contributed by atoms with Gasteiger partial charge in [0.05, 0.1) is 12.1 Å². The number of nitrogens with zero attached hydrogens (tertiary/aromatic N) is 5. The Kier molecular flexibility index (Phi) is 3.61. The molecule has 4 rings (SSSR count). The molecule has 3 aromatic rings. The summed E-state index contributed by atoms with van der Waals surface area (Å²) in [6.07, 6.45) is 7.31. The van der Waals surface area contributed by atoms with Gasteiger partial charge in [-0.2, -0.15) is 13.2 Å². The van der Waals surface area contributed by atoms with Crippen molar-refractivity contribution < 1.29 is 13.2 Å². The normalized spacial score (nSPS) is 14.0. The van der Waals surface area contributed by atoms with Crippen LogP contribution < -0.4 is 11.0 Å². The highest BCUT2D eigenvalue weighted by Gasteiger charge is 2.26. The fourth-order valence-corrected chi connectivity index (χ4v) is 2.60. The summed E-state index contributed by atoms with van der Waals surface area (Å²) in [6, 6.07) is 1.91. The third kappa shape index (κ3) is 3.15. The van der Waals surface area contributed by atoms with Gasteiger partial charge >= 0.3 is 6.18 Å². The lowest BCUT2D eigenvalue weighted by Crippen LogP contribution is -2.45. The van der Waals surface area contributed by atoms with Crippen LogP contribution in [0.25, 0.3) is 23.0 Å². The lowest BCUT2D eigenvalue weighted by atomic mass is 10.1. The number of hydrazine groups is 2. The molecule has 0 fully saturated rings. The third-order valence-corrected chi connectivity index (χ3v) is 3.77. The highest BCUT2D eigenvalue weighted by molar-refractivity contribution is 5.74. The second kappa shape index (κ2) is 5.81. The summed E-state index contributed by atoms with van der Waals surface area (Å²) in [4.78, 5) is 8.40. The average Bonchev–Trinajstić information content (AvgIpc) is 3.19. The molecule has 0 saturated carbocycles. The number of rotatable bonds is 4. The molecule has 0 unspecified atom stereocenters. The van der Waals surface area contributed by atoms with E-state index < -0.39 is 12.6 Å². The molecule has 1 aliphatic rings. The van der Waals surface area contributed by atoms with Crippen LogP contribution in [0.5, 0.6) is 0 Å². The van der Waals surface area contributed by atoms with Crippen LogP contribution in [0.15, 0.2) is 43.3 Å². The minimum atomic E-state index is -4.18. The molecule has 0 saturated heterocycles. The number of aromatic nitrogens is 4. The van der Waals surface area contributed by atoms with Crippen molar-refractivity contribution in [2.24, 2.45) is 0 Å². The predicted molar refractivity (Wildman–Crippen MR) is 85.3 cm³/mol. The molecule has 0 bridgehead atoms. The Morgan fingerprint density at radius 3 is 2.92 bits per heavy atom. The zero-order valence-electron chi connectivity index (χ0n) is 12.9. The summed E-state index contributed by atoms with van der Waals surface area (Å²) >= 11 is 0. The standard InChI is InChI=1S/C15H14F3N7/c16-15(17,18)3-4-21-25-7-2-13-12(1-6-24(13)22-25)11-9-20-14-19-5-8-23(14)10-11/h1-2,5-10,21-22H,3-4H2. The molecule has 10 heteroatoms. The van der Waals surface area contributed by atoms with Crippen LogP contribution in [0.2, 0.25) is 0 Å².